The fraction of sp³-hybridized carbons (Fsp3) is 0.250. The molecule has 202 valence electrons. The second-order valence-electron chi connectivity index (χ2n) is 10.9. The average Bonchev–Trinajstić information content (AvgIpc) is 3.11. The van der Waals surface area contributed by atoms with Crippen molar-refractivity contribution >= 4 is 28.0 Å². The molecule has 2 bridgehead atoms. The summed E-state index contributed by atoms with van der Waals surface area (Å²) >= 11 is 0. The van der Waals surface area contributed by atoms with Crippen molar-refractivity contribution in [1.29, 1.82) is 0 Å². The first kappa shape index (κ1) is 27.2. The Hall–Kier alpha value is -3.42. The van der Waals surface area contributed by atoms with E-state index in [1.807, 2.05) is 0 Å². The summed E-state index contributed by atoms with van der Waals surface area (Å²) in [5, 5.41) is 9.39. The number of rotatable bonds is 4. The van der Waals surface area contributed by atoms with Crippen molar-refractivity contribution < 1.29 is 27.6 Å². The molecule has 4 aromatic rings. The molecule has 6 rings (SSSR count). The summed E-state index contributed by atoms with van der Waals surface area (Å²) in [6.07, 6.45) is 2.53. The lowest BCUT2D eigenvalue weighted by molar-refractivity contribution is -0.923. The van der Waals surface area contributed by atoms with E-state index in [1.54, 1.807) is 53.4 Å². The van der Waals surface area contributed by atoms with E-state index in [4.69, 9.17) is 0 Å². The molecule has 2 nitrogen and oxygen atoms in total. The molecule has 2 fully saturated rings. The lowest BCUT2D eigenvalue weighted by Gasteiger charge is -2.44. The average molecular weight is 533 g/mol. The number of hydrogen-bond donors (Lipinski definition) is 2. The zero-order valence-electron chi connectivity index (χ0n) is 21.8. The quantitative estimate of drug-likeness (QED) is 0.306. The molecule has 4 aromatic carbocycles. The number of halogens is 4. The minimum absolute atomic E-state index is 0.0150. The molecule has 39 heavy (non-hydrogen) atoms. The third-order valence-electron chi connectivity index (χ3n) is 8.66. The van der Waals surface area contributed by atoms with E-state index in [0.29, 0.717) is 21.9 Å². The van der Waals surface area contributed by atoms with Gasteiger partial charge in [0, 0.05) is 25.7 Å². The topological polar surface area (TPSA) is 24.7 Å². The van der Waals surface area contributed by atoms with Gasteiger partial charge in [0.25, 0.3) is 0 Å². The van der Waals surface area contributed by atoms with Crippen molar-refractivity contribution in [1.82, 2.24) is 0 Å². The van der Waals surface area contributed by atoms with Crippen LogP contribution in [0.3, 0.4) is 0 Å². The van der Waals surface area contributed by atoms with Crippen LogP contribution in [0.25, 0.3) is 0 Å². The standard InChI is InChI=1S/C24H16BF4.C8H15NO/c26-21-9-1-5-17(13-21)25(18-6-2-10-22(27)14-18,19-7-3-11-23(28)15-19)20-8-4-12-24(29)16-20;1-9-6-2-3-7(9)5-8(10)4-6/h1-16H;6-8,10H,2-5H2,1H3/q-1;/p+1. The largest absolute Gasteiger partial charge is 0.393 e. The minimum atomic E-state index is -2.25. The maximum atomic E-state index is 14.3. The minimum Gasteiger partial charge on any atom is -0.393 e. The molecule has 2 aliphatic heterocycles. The third-order valence-corrected chi connectivity index (χ3v) is 8.66. The first-order valence-corrected chi connectivity index (χ1v) is 13.5. The Kier molecular flexibility index (Phi) is 7.92. The van der Waals surface area contributed by atoms with Crippen LogP contribution in [0.1, 0.15) is 25.7 Å². The van der Waals surface area contributed by atoms with Gasteiger partial charge in [0.1, 0.15) is 29.4 Å². The maximum Gasteiger partial charge on any atom is 0.120 e. The van der Waals surface area contributed by atoms with Crippen LogP contribution in [-0.2, 0) is 0 Å². The SMILES string of the molecule is C[NH+]1C2CCC1CC(O)C2.Fc1cccc([B-](c2cccc(F)c2)(c2cccc(F)c2)c2cccc(F)c2)c1. The van der Waals surface area contributed by atoms with Crippen molar-refractivity contribution in [2.45, 2.75) is 43.9 Å². The van der Waals surface area contributed by atoms with Gasteiger partial charge in [0.05, 0.1) is 25.2 Å². The predicted octanol–water partition coefficient (Wildman–Crippen LogP) is 2.81. The van der Waals surface area contributed by atoms with Crippen molar-refractivity contribution in [3.05, 3.63) is 120 Å². The monoisotopic (exact) mass is 533 g/mol. The zero-order valence-corrected chi connectivity index (χ0v) is 21.8. The van der Waals surface area contributed by atoms with Crippen molar-refractivity contribution in [3.63, 3.8) is 0 Å². The smallest absolute Gasteiger partial charge is 0.120 e. The number of fused-ring (bicyclic) bond motifs is 2. The van der Waals surface area contributed by atoms with Gasteiger partial charge in [-0.2, -0.15) is 21.9 Å². The molecule has 0 saturated carbocycles. The van der Waals surface area contributed by atoms with Gasteiger partial charge in [0.15, 0.2) is 0 Å². The Balaban J connectivity index is 0.000000257. The number of aliphatic hydroxyl groups is 1. The van der Waals surface area contributed by atoms with E-state index in [1.165, 1.54) is 61.4 Å². The van der Waals surface area contributed by atoms with Gasteiger partial charge < -0.3 is 10.0 Å². The molecule has 2 heterocycles. The summed E-state index contributed by atoms with van der Waals surface area (Å²) in [5.74, 6) is -1.95. The molecular weight excluding hydrogens is 501 g/mol. The molecule has 0 spiro atoms. The summed E-state index contributed by atoms with van der Waals surface area (Å²) in [7, 11) is 2.27. The van der Waals surface area contributed by atoms with Crippen molar-refractivity contribution in [2.75, 3.05) is 7.05 Å². The van der Waals surface area contributed by atoms with Gasteiger partial charge >= 0.3 is 0 Å². The summed E-state index contributed by atoms with van der Waals surface area (Å²) in [6, 6.07) is 25.0. The fourth-order valence-electron chi connectivity index (χ4n) is 6.81. The Morgan fingerprint density at radius 3 is 1.18 bits per heavy atom. The first-order chi connectivity index (χ1) is 18.8. The Morgan fingerprint density at radius 2 is 0.897 bits per heavy atom. The van der Waals surface area contributed by atoms with Crippen LogP contribution in [0.2, 0.25) is 0 Å². The highest BCUT2D eigenvalue weighted by Gasteiger charge is 2.41. The Morgan fingerprint density at radius 1 is 0.590 bits per heavy atom. The molecule has 0 amide bonds. The summed E-state index contributed by atoms with van der Waals surface area (Å²) in [4.78, 5) is 1.67. The van der Waals surface area contributed by atoms with E-state index in [9.17, 15) is 22.7 Å². The molecule has 0 radical (unpaired) electrons. The Bertz CT molecular complexity index is 1250. The van der Waals surface area contributed by atoms with Crippen molar-refractivity contribution in [2.24, 2.45) is 0 Å². The fourth-order valence-corrected chi connectivity index (χ4v) is 6.81. The molecular formula is C32H32BF4NO. The number of piperidine rings is 1. The Labute approximate surface area is 226 Å². The molecule has 0 aliphatic carbocycles. The van der Waals surface area contributed by atoms with Gasteiger partial charge in [-0.3, -0.25) is 0 Å². The van der Waals surface area contributed by atoms with Crippen LogP contribution < -0.4 is 26.8 Å². The number of nitrogens with one attached hydrogen (secondary N) is 1. The molecule has 2 atom stereocenters. The van der Waals surface area contributed by atoms with E-state index >= 15 is 0 Å². The van der Waals surface area contributed by atoms with Gasteiger partial charge in [-0.1, -0.05) is 72.8 Å². The van der Waals surface area contributed by atoms with Gasteiger partial charge in [0.2, 0.25) is 0 Å². The van der Waals surface area contributed by atoms with Crippen LogP contribution >= 0.6 is 0 Å². The van der Waals surface area contributed by atoms with Crippen LogP contribution in [0.5, 0.6) is 0 Å². The van der Waals surface area contributed by atoms with Crippen LogP contribution in [0, 0.1) is 23.3 Å². The molecule has 0 aromatic heterocycles. The van der Waals surface area contributed by atoms with E-state index < -0.39 is 29.4 Å². The van der Waals surface area contributed by atoms with E-state index in [-0.39, 0.29) is 6.10 Å². The van der Waals surface area contributed by atoms with Gasteiger partial charge in [-0.05, 0) is 24.3 Å². The molecule has 2 N–H and O–H groups in total. The summed E-state index contributed by atoms with van der Waals surface area (Å²) < 4.78 is 57.1. The van der Waals surface area contributed by atoms with E-state index in [2.05, 4.69) is 7.05 Å². The number of aliphatic hydroxyl groups excluding tert-OH is 1. The van der Waals surface area contributed by atoms with Gasteiger partial charge in [-0.15, -0.1) is 0 Å². The number of hydrogen-bond acceptors (Lipinski definition) is 1. The predicted molar refractivity (Wildman–Crippen MR) is 149 cm³/mol. The third kappa shape index (κ3) is 5.52. The highest BCUT2D eigenvalue weighted by molar-refractivity contribution is 7.19. The maximum absolute atomic E-state index is 14.3. The molecule has 2 aliphatic rings. The second kappa shape index (κ2) is 11.4. The number of quaternary nitrogens is 1. The molecule has 7 heteroatoms. The molecule has 2 saturated heterocycles. The van der Waals surface area contributed by atoms with Crippen LogP contribution in [-0.4, -0.2) is 36.5 Å². The highest BCUT2D eigenvalue weighted by Crippen LogP contribution is 2.21. The summed E-state index contributed by atoms with van der Waals surface area (Å²) in [5.41, 5.74) is 1.97. The van der Waals surface area contributed by atoms with Crippen LogP contribution in [0.4, 0.5) is 17.6 Å². The lowest BCUT2D eigenvalue weighted by Crippen LogP contribution is -3.15. The van der Waals surface area contributed by atoms with Gasteiger partial charge in [-0.25, -0.2) is 17.6 Å². The zero-order chi connectivity index (χ0) is 27.6. The first-order valence-electron chi connectivity index (χ1n) is 13.5. The molecule has 2 unspecified atom stereocenters. The number of benzene rings is 4. The van der Waals surface area contributed by atoms with E-state index in [0.717, 1.165) is 24.9 Å². The lowest BCUT2D eigenvalue weighted by atomic mass is 9.13. The van der Waals surface area contributed by atoms with Crippen LogP contribution in [0.15, 0.2) is 97.1 Å². The van der Waals surface area contributed by atoms with Crippen molar-refractivity contribution in [3.8, 4) is 0 Å². The highest BCUT2D eigenvalue weighted by atomic mass is 19.1. The summed E-state index contributed by atoms with van der Waals surface area (Å²) in [6.45, 7) is 0. The normalized spacial score (nSPS) is 22.2. The second-order valence-corrected chi connectivity index (χ2v) is 10.9.